The Morgan fingerprint density at radius 2 is 1.93 bits per heavy atom. The van der Waals surface area contributed by atoms with Crippen LogP contribution in [-0.2, 0) is 19.4 Å². The van der Waals surface area contributed by atoms with Crippen LogP contribution in [0, 0.1) is 0 Å². The minimum absolute atomic E-state index is 0.0916. The normalized spacial score (nSPS) is 11.7. The zero-order valence-electron chi connectivity index (χ0n) is 9.52. The van der Waals surface area contributed by atoms with Crippen molar-refractivity contribution >= 4 is 15.8 Å². The van der Waals surface area contributed by atoms with E-state index in [0.717, 1.165) is 0 Å². The first-order valence-electron chi connectivity index (χ1n) is 4.94. The second-order valence-electron chi connectivity index (χ2n) is 3.18. The lowest BCUT2D eigenvalue weighted by molar-refractivity contribution is -0.141. The highest BCUT2D eigenvalue weighted by atomic mass is 32.2. The minimum atomic E-state index is -2.96. The minimum Gasteiger partial charge on any atom is -0.468 e. The molecule has 0 bridgehead atoms. The van der Waals surface area contributed by atoms with Crippen molar-refractivity contribution in [1.82, 2.24) is 4.90 Å². The van der Waals surface area contributed by atoms with Gasteiger partial charge in [0.2, 0.25) is 0 Å². The maximum Gasteiger partial charge on any atom is 0.319 e. The van der Waals surface area contributed by atoms with Crippen LogP contribution in [-0.4, -0.2) is 57.5 Å². The van der Waals surface area contributed by atoms with E-state index in [4.69, 9.17) is 0 Å². The van der Waals surface area contributed by atoms with E-state index in [1.54, 1.807) is 11.8 Å². The summed E-state index contributed by atoms with van der Waals surface area (Å²) in [5.41, 5.74) is 0. The number of hydrogen-bond donors (Lipinski definition) is 0. The highest BCUT2D eigenvalue weighted by molar-refractivity contribution is 7.91. The van der Waals surface area contributed by atoms with Crippen molar-refractivity contribution in [2.24, 2.45) is 0 Å². The molecule has 0 fully saturated rings. The number of carbonyl (C=O) groups excluding carboxylic acids is 1. The Bertz CT molecular complexity index is 286. The summed E-state index contributed by atoms with van der Waals surface area (Å²) in [4.78, 5) is 12.7. The molecule has 6 heteroatoms. The molecule has 0 rings (SSSR count). The van der Waals surface area contributed by atoms with Crippen LogP contribution in [0.5, 0.6) is 0 Å². The Labute approximate surface area is 91.3 Å². The van der Waals surface area contributed by atoms with Gasteiger partial charge in [0.05, 0.1) is 19.4 Å². The quantitative estimate of drug-likeness (QED) is 0.579. The van der Waals surface area contributed by atoms with Gasteiger partial charge in [0, 0.05) is 12.3 Å². The number of carbonyl (C=O) groups is 1. The number of ether oxygens (including phenoxy) is 1. The van der Waals surface area contributed by atoms with Crippen molar-refractivity contribution in [3.63, 3.8) is 0 Å². The molecular formula is C9H19NO4S. The predicted octanol–water partition coefficient (Wildman–Crippen LogP) is -0.0840. The van der Waals surface area contributed by atoms with Crippen LogP contribution in [0.3, 0.4) is 0 Å². The third-order valence-corrected chi connectivity index (χ3v) is 3.87. The van der Waals surface area contributed by atoms with Gasteiger partial charge >= 0.3 is 5.97 Å². The number of likely N-dealkylation sites (N-methyl/N-ethyl adjacent to an activating group) is 1. The van der Waals surface area contributed by atoms with Crippen LogP contribution < -0.4 is 0 Å². The molecule has 0 aromatic carbocycles. The largest absolute Gasteiger partial charge is 0.468 e. The lowest BCUT2D eigenvalue weighted by Crippen LogP contribution is -2.34. The fourth-order valence-corrected chi connectivity index (χ4v) is 1.83. The molecule has 0 radical (unpaired) electrons. The van der Waals surface area contributed by atoms with Crippen LogP contribution in [0.25, 0.3) is 0 Å². The van der Waals surface area contributed by atoms with Crippen LogP contribution in [0.2, 0.25) is 0 Å². The van der Waals surface area contributed by atoms with E-state index in [0.29, 0.717) is 13.1 Å². The van der Waals surface area contributed by atoms with Gasteiger partial charge in [-0.05, 0) is 6.54 Å². The molecule has 0 aliphatic heterocycles. The average Bonchev–Trinajstić information content (AvgIpc) is 2.23. The molecule has 15 heavy (non-hydrogen) atoms. The zero-order chi connectivity index (χ0) is 11.9. The third-order valence-electron chi connectivity index (χ3n) is 2.19. The molecule has 5 nitrogen and oxygen atoms in total. The van der Waals surface area contributed by atoms with Crippen molar-refractivity contribution in [3.8, 4) is 0 Å². The molecular weight excluding hydrogens is 218 g/mol. The lowest BCUT2D eigenvalue weighted by atomic mass is 10.5. The van der Waals surface area contributed by atoms with Crippen LogP contribution in [0.4, 0.5) is 0 Å². The average molecular weight is 237 g/mol. The second-order valence-corrected chi connectivity index (χ2v) is 5.65. The summed E-state index contributed by atoms with van der Waals surface area (Å²) in [7, 11) is -1.64. The van der Waals surface area contributed by atoms with E-state index < -0.39 is 9.84 Å². The SMILES string of the molecule is CCN(CCS(=O)(=O)CC)CC(=O)OC. The predicted molar refractivity (Wildman–Crippen MR) is 58.5 cm³/mol. The molecule has 0 spiro atoms. The van der Waals surface area contributed by atoms with Crippen molar-refractivity contribution in [2.75, 3.05) is 38.2 Å². The van der Waals surface area contributed by atoms with Gasteiger partial charge < -0.3 is 4.74 Å². The number of rotatable bonds is 7. The lowest BCUT2D eigenvalue weighted by Gasteiger charge is -2.18. The number of esters is 1. The van der Waals surface area contributed by atoms with Gasteiger partial charge in [0.15, 0.2) is 9.84 Å². The molecule has 0 heterocycles. The summed E-state index contributed by atoms with van der Waals surface area (Å²) in [5.74, 6) is -0.109. The number of hydrogen-bond acceptors (Lipinski definition) is 5. The Hall–Kier alpha value is -0.620. The fraction of sp³-hybridized carbons (Fsp3) is 0.889. The van der Waals surface area contributed by atoms with Gasteiger partial charge in [0.25, 0.3) is 0 Å². The molecule has 0 saturated heterocycles. The Morgan fingerprint density at radius 3 is 2.33 bits per heavy atom. The summed E-state index contributed by atoms with van der Waals surface area (Å²) < 4.78 is 27.0. The van der Waals surface area contributed by atoms with E-state index in [2.05, 4.69) is 4.74 Å². The van der Waals surface area contributed by atoms with Crippen LogP contribution in [0.15, 0.2) is 0 Å². The molecule has 0 N–H and O–H groups in total. The highest BCUT2D eigenvalue weighted by Crippen LogP contribution is 1.94. The first-order chi connectivity index (χ1) is 6.95. The smallest absolute Gasteiger partial charge is 0.319 e. The first kappa shape index (κ1) is 14.4. The van der Waals surface area contributed by atoms with Crippen molar-refractivity contribution in [1.29, 1.82) is 0 Å². The first-order valence-corrected chi connectivity index (χ1v) is 6.76. The molecule has 0 aliphatic carbocycles. The second kappa shape index (κ2) is 6.79. The van der Waals surface area contributed by atoms with Gasteiger partial charge in [0.1, 0.15) is 0 Å². The monoisotopic (exact) mass is 237 g/mol. The molecule has 0 unspecified atom stereocenters. The van der Waals surface area contributed by atoms with Crippen molar-refractivity contribution < 1.29 is 17.9 Å². The van der Waals surface area contributed by atoms with E-state index >= 15 is 0 Å². The van der Waals surface area contributed by atoms with E-state index in [9.17, 15) is 13.2 Å². The van der Waals surface area contributed by atoms with Gasteiger partial charge in [-0.15, -0.1) is 0 Å². The van der Waals surface area contributed by atoms with E-state index in [1.807, 2.05) is 6.92 Å². The summed E-state index contributed by atoms with van der Waals surface area (Å²) >= 11 is 0. The van der Waals surface area contributed by atoms with Crippen LogP contribution >= 0.6 is 0 Å². The third kappa shape index (κ3) is 6.46. The van der Waals surface area contributed by atoms with Gasteiger partial charge in [-0.3, -0.25) is 9.69 Å². The molecule has 90 valence electrons. The van der Waals surface area contributed by atoms with Crippen LogP contribution in [0.1, 0.15) is 13.8 Å². The van der Waals surface area contributed by atoms with Gasteiger partial charge in [-0.2, -0.15) is 0 Å². The standard InChI is InChI=1S/C9H19NO4S/c1-4-10(8-9(11)14-3)6-7-15(12,13)5-2/h4-8H2,1-3H3. The number of methoxy groups -OCH3 is 1. The maximum absolute atomic E-state index is 11.2. The summed E-state index contributed by atoms with van der Waals surface area (Å²) in [5, 5.41) is 0. The molecule has 0 aromatic heterocycles. The highest BCUT2D eigenvalue weighted by Gasteiger charge is 2.13. The molecule has 0 aliphatic rings. The Balaban J connectivity index is 4.06. The number of sulfone groups is 1. The summed E-state index contributed by atoms with van der Waals surface area (Å²) in [6.45, 7) is 4.65. The van der Waals surface area contributed by atoms with Crippen molar-refractivity contribution in [3.05, 3.63) is 0 Å². The topological polar surface area (TPSA) is 63.7 Å². The Kier molecular flexibility index (Phi) is 6.51. The Morgan fingerprint density at radius 1 is 1.33 bits per heavy atom. The molecule has 0 aromatic rings. The number of nitrogens with zero attached hydrogens (tertiary/aromatic N) is 1. The molecule has 0 atom stereocenters. The van der Waals surface area contributed by atoms with E-state index in [1.165, 1.54) is 7.11 Å². The van der Waals surface area contributed by atoms with Gasteiger partial charge in [-0.1, -0.05) is 13.8 Å². The molecule has 0 amide bonds. The molecule has 0 saturated carbocycles. The summed E-state index contributed by atoms with van der Waals surface area (Å²) in [6.07, 6.45) is 0. The van der Waals surface area contributed by atoms with Crippen molar-refractivity contribution in [2.45, 2.75) is 13.8 Å². The fourth-order valence-electron chi connectivity index (χ4n) is 1.01. The zero-order valence-corrected chi connectivity index (χ0v) is 10.3. The maximum atomic E-state index is 11.2. The van der Waals surface area contributed by atoms with Gasteiger partial charge in [-0.25, -0.2) is 8.42 Å². The summed E-state index contributed by atoms with van der Waals surface area (Å²) in [6, 6.07) is 0. The van der Waals surface area contributed by atoms with E-state index in [-0.39, 0.29) is 24.0 Å².